The van der Waals surface area contributed by atoms with Crippen molar-refractivity contribution in [2.45, 2.75) is 20.3 Å². The summed E-state index contributed by atoms with van der Waals surface area (Å²) in [4.78, 5) is 30.2. The smallest absolute Gasteiger partial charge is 0.264 e. The highest BCUT2D eigenvalue weighted by Gasteiger charge is 2.23. The highest BCUT2D eigenvalue weighted by atomic mass is 32.1. The van der Waals surface area contributed by atoms with Crippen molar-refractivity contribution in [1.82, 2.24) is 4.98 Å². The van der Waals surface area contributed by atoms with Crippen molar-refractivity contribution in [3.63, 3.8) is 0 Å². The Morgan fingerprint density at radius 3 is 2.96 bits per heavy atom. The van der Waals surface area contributed by atoms with Crippen molar-refractivity contribution in [1.29, 1.82) is 0 Å². The Morgan fingerprint density at radius 2 is 2.26 bits per heavy atom. The summed E-state index contributed by atoms with van der Waals surface area (Å²) in [6.45, 7) is 3.57. The molecule has 1 aromatic carbocycles. The summed E-state index contributed by atoms with van der Waals surface area (Å²) in [5, 5.41) is 3.31. The van der Waals surface area contributed by atoms with Gasteiger partial charge in [-0.1, -0.05) is 6.92 Å². The average molecular weight is 331 g/mol. The lowest BCUT2D eigenvalue weighted by Crippen LogP contribution is -2.35. The molecule has 2 aromatic rings. The SMILES string of the molecule is CCc1sc(NC(C)=O)nc1-c1ccc2c(c1)N(C)C(=O)CO2. The number of thiazole rings is 1. The second-order valence-electron chi connectivity index (χ2n) is 5.25. The van der Waals surface area contributed by atoms with Crippen LogP contribution in [-0.2, 0) is 16.0 Å². The first kappa shape index (κ1) is 15.5. The zero-order valence-electron chi connectivity index (χ0n) is 13.2. The van der Waals surface area contributed by atoms with Crippen LogP contribution in [0.3, 0.4) is 0 Å². The second kappa shape index (κ2) is 6.00. The first-order valence-electron chi connectivity index (χ1n) is 7.30. The standard InChI is InChI=1S/C16H17N3O3S/c1-4-13-15(18-16(23-13)17-9(2)20)10-5-6-12-11(7-10)19(3)14(21)8-22-12/h5-7H,4,8H2,1-3H3,(H,17,18,20). The van der Waals surface area contributed by atoms with Gasteiger partial charge in [-0.05, 0) is 24.6 Å². The minimum absolute atomic E-state index is 0.0619. The minimum Gasteiger partial charge on any atom is -0.482 e. The number of carbonyl (C=O) groups excluding carboxylic acids is 2. The van der Waals surface area contributed by atoms with Crippen LogP contribution in [0.5, 0.6) is 5.75 Å². The highest BCUT2D eigenvalue weighted by Crippen LogP contribution is 2.38. The first-order chi connectivity index (χ1) is 11.0. The lowest BCUT2D eigenvalue weighted by atomic mass is 10.1. The Hall–Kier alpha value is -2.41. The van der Waals surface area contributed by atoms with Crippen molar-refractivity contribution < 1.29 is 14.3 Å². The van der Waals surface area contributed by atoms with Gasteiger partial charge in [0.05, 0.1) is 11.4 Å². The number of nitrogens with one attached hydrogen (secondary N) is 1. The largest absolute Gasteiger partial charge is 0.482 e. The number of aryl methyl sites for hydroxylation is 1. The monoisotopic (exact) mass is 331 g/mol. The Balaban J connectivity index is 2.04. The fourth-order valence-electron chi connectivity index (χ4n) is 2.44. The van der Waals surface area contributed by atoms with Gasteiger partial charge in [0, 0.05) is 24.4 Å². The summed E-state index contributed by atoms with van der Waals surface area (Å²) >= 11 is 1.47. The number of aromatic nitrogens is 1. The first-order valence-corrected chi connectivity index (χ1v) is 8.12. The van der Waals surface area contributed by atoms with Crippen LogP contribution in [0.1, 0.15) is 18.7 Å². The number of hydrogen-bond acceptors (Lipinski definition) is 5. The molecular formula is C16H17N3O3S. The normalized spacial score (nSPS) is 13.5. The van der Waals surface area contributed by atoms with E-state index in [4.69, 9.17) is 4.74 Å². The van der Waals surface area contributed by atoms with Crippen LogP contribution in [0.15, 0.2) is 18.2 Å². The van der Waals surface area contributed by atoms with Gasteiger partial charge in [-0.15, -0.1) is 11.3 Å². The number of nitrogens with zero attached hydrogens (tertiary/aromatic N) is 2. The second-order valence-corrected chi connectivity index (χ2v) is 6.33. The number of likely N-dealkylation sites (N-methyl/N-ethyl adjacent to an activating group) is 1. The zero-order chi connectivity index (χ0) is 16.6. The van der Waals surface area contributed by atoms with Gasteiger partial charge in [0.15, 0.2) is 11.7 Å². The molecule has 2 amide bonds. The number of ether oxygens (including phenoxy) is 1. The summed E-state index contributed by atoms with van der Waals surface area (Å²) in [5.41, 5.74) is 2.46. The molecule has 1 N–H and O–H groups in total. The fourth-order valence-corrected chi connectivity index (χ4v) is 3.41. The number of benzene rings is 1. The number of amides is 2. The summed E-state index contributed by atoms with van der Waals surface area (Å²) < 4.78 is 5.45. The molecule has 2 heterocycles. The van der Waals surface area contributed by atoms with E-state index in [1.165, 1.54) is 18.3 Å². The molecular weight excluding hydrogens is 314 g/mol. The number of carbonyl (C=O) groups is 2. The van der Waals surface area contributed by atoms with Gasteiger partial charge < -0.3 is 15.0 Å². The van der Waals surface area contributed by atoms with Crippen LogP contribution >= 0.6 is 11.3 Å². The van der Waals surface area contributed by atoms with Gasteiger partial charge in [0.25, 0.3) is 5.91 Å². The van der Waals surface area contributed by atoms with Crippen LogP contribution in [-0.4, -0.2) is 30.5 Å². The third kappa shape index (κ3) is 2.92. The molecule has 1 aromatic heterocycles. The quantitative estimate of drug-likeness (QED) is 0.938. The van der Waals surface area contributed by atoms with E-state index in [1.54, 1.807) is 11.9 Å². The van der Waals surface area contributed by atoms with Gasteiger partial charge in [0.1, 0.15) is 5.75 Å². The molecule has 0 atom stereocenters. The molecule has 1 aliphatic rings. The van der Waals surface area contributed by atoms with E-state index in [0.29, 0.717) is 10.9 Å². The van der Waals surface area contributed by atoms with Crippen LogP contribution in [0.25, 0.3) is 11.3 Å². The van der Waals surface area contributed by atoms with E-state index in [0.717, 1.165) is 28.2 Å². The summed E-state index contributed by atoms with van der Waals surface area (Å²) in [6.07, 6.45) is 0.814. The molecule has 120 valence electrons. The maximum absolute atomic E-state index is 11.8. The predicted octanol–water partition coefficient (Wildman–Crippen LogP) is 2.69. The maximum atomic E-state index is 11.8. The van der Waals surface area contributed by atoms with E-state index < -0.39 is 0 Å². The Kier molecular flexibility index (Phi) is 4.04. The molecule has 7 heteroatoms. The summed E-state index contributed by atoms with van der Waals surface area (Å²) in [7, 11) is 1.73. The molecule has 0 spiro atoms. The molecule has 0 radical (unpaired) electrons. The third-order valence-corrected chi connectivity index (χ3v) is 4.74. The van der Waals surface area contributed by atoms with Gasteiger partial charge in [-0.3, -0.25) is 9.59 Å². The molecule has 23 heavy (non-hydrogen) atoms. The van der Waals surface area contributed by atoms with Crippen LogP contribution in [0.2, 0.25) is 0 Å². The third-order valence-electron chi connectivity index (χ3n) is 3.62. The molecule has 0 bridgehead atoms. The Bertz CT molecular complexity index is 785. The number of anilines is 2. The lowest BCUT2D eigenvalue weighted by Gasteiger charge is -2.26. The molecule has 1 aliphatic heterocycles. The topological polar surface area (TPSA) is 71.5 Å². The van der Waals surface area contributed by atoms with Gasteiger partial charge in [-0.2, -0.15) is 0 Å². The summed E-state index contributed by atoms with van der Waals surface area (Å²) in [5.74, 6) is 0.464. The fraction of sp³-hybridized carbons (Fsp3) is 0.312. The van der Waals surface area contributed by atoms with E-state index in [9.17, 15) is 9.59 Å². The van der Waals surface area contributed by atoms with Crippen molar-refractivity contribution in [2.75, 3.05) is 23.9 Å². The van der Waals surface area contributed by atoms with E-state index in [2.05, 4.69) is 10.3 Å². The molecule has 6 nitrogen and oxygen atoms in total. The van der Waals surface area contributed by atoms with Gasteiger partial charge in [-0.25, -0.2) is 4.98 Å². The van der Waals surface area contributed by atoms with Gasteiger partial charge in [0.2, 0.25) is 5.91 Å². The van der Waals surface area contributed by atoms with E-state index >= 15 is 0 Å². The zero-order valence-corrected chi connectivity index (χ0v) is 14.0. The van der Waals surface area contributed by atoms with Crippen molar-refractivity contribution >= 4 is 34.0 Å². The minimum atomic E-state index is -0.142. The van der Waals surface area contributed by atoms with Crippen molar-refractivity contribution in [3.8, 4) is 17.0 Å². The Labute approximate surface area is 138 Å². The Morgan fingerprint density at radius 1 is 1.48 bits per heavy atom. The molecule has 3 rings (SSSR count). The van der Waals surface area contributed by atoms with Crippen LogP contribution < -0.4 is 15.0 Å². The highest BCUT2D eigenvalue weighted by molar-refractivity contribution is 7.16. The molecule has 0 saturated heterocycles. The molecule has 0 unspecified atom stereocenters. The van der Waals surface area contributed by atoms with Crippen LogP contribution in [0.4, 0.5) is 10.8 Å². The number of fused-ring (bicyclic) bond motifs is 1. The van der Waals surface area contributed by atoms with E-state index in [1.807, 2.05) is 25.1 Å². The maximum Gasteiger partial charge on any atom is 0.264 e. The summed E-state index contributed by atoms with van der Waals surface area (Å²) in [6, 6.07) is 5.68. The number of rotatable bonds is 3. The van der Waals surface area contributed by atoms with E-state index in [-0.39, 0.29) is 18.4 Å². The van der Waals surface area contributed by atoms with Crippen LogP contribution in [0, 0.1) is 0 Å². The molecule has 0 fully saturated rings. The van der Waals surface area contributed by atoms with Gasteiger partial charge >= 0.3 is 0 Å². The van der Waals surface area contributed by atoms with Crippen molar-refractivity contribution in [2.24, 2.45) is 0 Å². The van der Waals surface area contributed by atoms with Crippen molar-refractivity contribution in [3.05, 3.63) is 23.1 Å². The lowest BCUT2D eigenvalue weighted by molar-refractivity contribution is -0.121. The molecule has 0 saturated carbocycles. The molecule has 0 aliphatic carbocycles. The average Bonchev–Trinajstić information content (AvgIpc) is 2.93. The predicted molar refractivity (Wildman–Crippen MR) is 90.1 cm³/mol. The number of hydrogen-bond donors (Lipinski definition) is 1.